The monoisotopic (exact) mass is 436 g/mol. The van der Waals surface area contributed by atoms with Gasteiger partial charge in [-0.2, -0.15) is 9.61 Å². The third-order valence-corrected chi connectivity index (χ3v) is 8.24. The van der Waals surface area contributed by atoms with Crippen molar-refractivity contribution in [3.05, 3.63) is 51.9 Å². The number of aromatic nitrogens is 3. The van der Waals surface area contributed by atoms with Crippen LogP contribution in [0.4, 0.5) is 14.6 Å². The number of halogens is 2. The van der Waals surface area contributed by atoms with Gasteiger partial charge in [0.15, 0.2) is 0 Å². The Balaban J connectivity index is 1.36. The number of rotatable bonds is 4. The first kappa shape index (κ1) is 18.8. The van der Waals surface area contributed by atoms with Crippen LogP contribution in [-0.4, -0.2) is 20.1 Å². The molecule has 166 valence electrons. The molecule has 0 unspecified atom stereocenters. The van der Waals surface area contributed by atoms with E-state index in [0.717, 1.165) is 61.6 Å². The van der Waals surface area contributed by atoms with Crippen LogP contribution in [0.3, 0.4) is 0 Å². The van der Waals surface area contributed by atoms with E-state index in [4.69, 9.17) is 0 Å². The van der Waals surface area contributed by atoms with E-state index in [-0.39, 0.29) is 22.6 Å². The molecule has 0 amide bonds. The maximum atomic E-state index is 14.8. The molecule has 0 atom stereocenters. The van der Waals surface area contributed by atoms with E-state index in [1.54, 1.807) is 6.07 Å². The molecule has 0 radical (unpaired) electrons. The SMILES string of the molecule is O=c1cc(NC23CC4CC(CC(C4)C2)C3)[nH]c2c(-c3ccc(F)cc3F)c(C3CC3)nn12. The van der Waals surface area contributed by atoms with Crippen LogP contribution >= 0.6 is 0 Å². The predicted octanol–water partition coefficient (Wildman–Crippen LogP) is 5.23. The van der Waals surface area contributed by atoms with E-state index in [2.05, 4.69) is 15.4 Å². The Hall–Kier alpha value is -2.70. The highest BCUT2D eigenvalue weighted by atomic mass is 19.1. The van der Waals surface area contributed by atoms with Gasteiger partial charge in [0, 0.05) is 29.2 Å². The van der Waals surface area contributed by atoms with Crippen molar-refractivity contribution in [3.8, 4) is 11.1 Å². The summed E-state index contributed by atoms with van der Waals surface area (Å²) in [6.07, 6.45) is 9.42. The lowest BCUT2D eigenvalue weighted by Gasteiger charge is -2.57. The van der Waals surface area contributed by atoms with Crippen molar-refractivity contribution >= 4 is 11.5 Å². The second-order valence-electron chi connectivity index (χ2n) is 10.8. The Bertz CT molecular complexity index is 1270. The standard InChI is InChI=1S/C25H26F2N4O/c26-17-3-4-18(19(27)8-17)22-23(16-1-2-16)30-31-21(32)9-20(28-24(22)31)29-25-10-13-5-14(11-25)7-15(6-13)12-25/h3-4,8-9,13-16,28-29H,1-2,5-7,10-12H2. The average Bonchev–Trinajstić information content (AvgIpc) is 3.48. The van der Waals surface area contributed by atoms with Gasteiger partial charge < -0.3 is 10.3 Å². The fraction of sp³-hybridized carbons (Fsp3) is 0.520. The summed E-state index contributed by atoms with van der Waals surface area (Å²) >= 11 is 0. The Morgan fingerprint density at radius 1 is 1.03 bits per heavy atom. The zero-order chi connectivity index (χ0) is 21.6. The maximum Gasteiger partial charge on any atom is 0.276 e. The van der Waals surface area contributed by atoms with Gasteiger partial charge in [0.2, 0.25) is 0 Å². The van der Waals surface area contributed by atoms with Crippen molar-refractivity contribution in [2.24, 2.45) is 17.8 Å². The molecule has 0 aliphatic heterocycles. The van der Waals surface area contributed by atoms with E-state index < -0.39 is 11.6 Å². The van der Waals surface area contributed by atoms with Crippen LogP contribution in [0.5, 0.6) is 0 Å². The largest absolute Gasteiger partial charge is 0.366 e. The Morgan fingerprint density at radius 2 is 1.72 bits per heavy atom. The topological polar surface area (TPSA) is 62.2 Å². The van der Waals surface area contributed by atoms with Gasteiger partial charge in [-0.3, -0.25) is 4.79 Å². The van der Waals surface area contributed by atoms with Crippen LogP contribution in [0.25, 0.3) is 16.8 Å². The number of hydrogen-bond acceptors (Lipinski definition) is 3. The van der Waals surface area contributed by atoms with E-state index in [1.165, 1.54) is 35.9 Å². The van der Waals surface area contributed by atoms with E-state index in [0.29, 0.717) is 17.0 Å². The molecule has 7 heteroatoms. The van der Waals surface area contributed by atoms with Gasteiger partial charge in [-0.1, -0.05) is 0 Å². The first-order valence-corrected chi connectivity index (χ1v) is 11.9. The molecule has 2 aromatic heterocycles. The zero-order valence-electron chi connectivity index (χ0n) is 17.8. The minimum absolute atomic E-state index is 0.0384. The van der Waals surface area contributed by atoms with Crippen molar-refractivity contribution in [2.45, 2.75) is 62.8 Å². The summed E-state index contributed by atoms with van der Waals surface area (Å²) in [6.45, 7) is 0. The zero-order valence-corrected chi connectivity index (χ0v) is 17.8. The van der Waals surface area contributed by atoms with Gasteiger partial charge in [0.25, 0.3) is 5.56 Å². The molecular formula is C25H26F2N4O. The lowest BCUT2D eigenvalue weighted by Crippen LogP contribution is -2.55. The van der Waals surface area contributed by atoms with Gasteiger partial charge in [0.1, 0.15) is 23.1 Å². The number of fused-ring (bicyclic) bond motifs is 1. The van der Waals surface area contributed by atoms with Gasteiger partial charge in [-0.15, -0.1) is 0 Å². The lowest BCUT2D eigenvalue weighted by atomic mass is 9.53. The van der Waals surface area contributed by atoms with Crippen LogP contribution < -0.4 is 10.9 Å². The Morgan fingerprint density at radius 3 is 2.34 bits per heavy atom. The molecule has 2 N–H and O–H groups in total. The Labute approximate surface area is 184 Å². The fourth-order valence-corrected chi connectivity index (χ4v) is 7.28. The molecule has 0 saturated heterocycles. The summed E-state index contributed by atoms with van der Waals surface area (Å²) in [6, 6.07) is 5.19. The smallest absolute Gasteiger partial charge is 0.276 e. The molecule has 5 saturated carbocycles. The molecule has 32 heavy (non-hydrogen) atoms. The van der Waals surface area contributed by atoms with Crippen molar-refractivity contribution in [1.82, 2.24) is 14.6 Å². The molecule has 8 rings (SSSR count). The molecule has 0 spiro atoms. The molecule has 1 aromatic carbocycles. The predicted molar refractivity (Wildman–Crippen MR) is 118 cm³/mol. The number of hydrogen-bond donors (Lipinski definition) is 2. The fourth-order valence-electron chi connectivity index (χ4n) is 7.28. The van der Waals surface area contributed by atoms with Gasteiger partial charge in [0.05, 0.1) is 11.3 Å². The third kappa shape index (κ3) is 2.86. The number of benzene rings is 1. The summed E-state index contributed by atoms with van der Waals surface area (Å²) in [5, 5.41) is 8.29. The highest BCUT2D eigenvalue weighted by Gasteiger charge is 2.51. The molecule has 5 aliphatic carbocycles. The van der Waals surface area contributed by atoms with Crippen molar-refractivity contribution in [2.75, 3.05) is 5.32 Å². The highest BCUT2D eigenvalue weighted by Crippen LogP contribution is 2.56. The van der Waals surface area contributed by atoms with Gasteiger partial charge in [-0.25, -0.2) is 8.78 Å². The van der Waals surface area contributed by atoms with Crippen LogP contribution in [0.1, 0.15) is 63.0 Å². The Kier molecular flexibility index (Phi) is 3.78. The van der Waals surface area contributed by atoms with E-state index >= 15 is 0 Å². The molecule has 5 fully saturated rings. The van der Waals surface area contributed by atoms with Gasteiger partial charge >= 0.3 is 0 Å². The second-order valence-corrected chi connectivity index (χ2v) is 10.8. The van der Waals surface area contributed by atoms with Crippen LogP contribution in [0, 0.1) is 29.4 Å². The van der Waals surface area contributed by atoms with Crippen molar-refractivity contribution in [1.29, 1.82) is 0 Å². The minimum atomic E-state index is -0.637. The number of nitrogens with zero attached hydrogens (tertiary/aromatic N) is 2. The third-order valence-electron chi connectivity index (χ3n) is 8.24. The molecular weight excluding hydrogens is 410 g/mol. The summed E-state index contributed by atoms with van der Waals surface area (Å²) < 4.78 is 29.7. The lowest BCUT2D eigenvalue weighted by molar-refractivity contribution is 0.0105. The average molecular weight is 437 g/mol. The number of anilines is 1. The molecule has 3 aromatic rings. The number of nitrogens with one attached hydrogen (secondary N) is 2. The maximum absolute atomic E-state index is 14.8. The second kappa shape index (κ2) is 6.42. The first-order valence-electron chi connectivity index (χ1n) is 11.9. The number of aromatic amines is 1. The summed E-state index contributed by atoms with van der Waals surface area (Å²) in [7, 11) is 0. The molecule has 5 nitrogen and oxygen atoms in total. The van der Waals surface area contributed by atoms with E-state index in [9.17, 15) is 13.6 Å². The first-order chi connectivity index (χ1) is 15.5. The minimum Gasteiger partial charge on any atom is -0.366 e. The number of H-pyrrole nitrogens is 1. The summed E-state index contributed by atoms with van der Waals surface area (Å²) in [4.78, 5) is 16.4. The highest BCUT2D eigenvalue weighted by molar-refractivity contribution is 5.81. The normalized spacial score (nSPS) is 30.9. The molecule has 5 aliphatic rings. The molecule has 2 heterocycles. The van der Waals surface area contributed by atoms with E-state index in [1.807, 2.05) is 0 Å². The summed E-state index contributed by atoms with van der Waals surface area (Å²) in [5.74, 6) is 1.98. The molecule has 4 bridgehead atoms. The summed E-state index contributed by atoms with van der Waals surface area (Å²) in [5.41, 5.74) is 1.87. The van der Waals surface area contributed by atoms with Crippen LogP contribution in [0.15, 0.2) is 29.1 Å². The van der Waals surface area contributed by atoms with Crippen molar-refractivity contribution < 1.29 is 8.78 Å². The van der Waals surface area contributed by atoms with Crippen LogP contribution in [0.2, 0.25) is 0 Å². The quantitative estimate of drug-likeness (QED) is 0.589. The van der Waals surface area contributed by atoms with Crippen molar-refractivity contribution in [3.63, 3.8) is 0 Å². The van der Waals surface area contributed by atoms with Gasteiger partial charge in [-0.05, 0) is 81.3 Å². The van der Waals surface area contributed by atoms with Crippen LogP contribution in [-0.2, 0) is 0 Å².